The zero-order chi connectivity index (χ0) is 46.1. The van der Waals surface area contributed by atoms with Crippen molar-refractivity contribution in [1.29, 1.82) is 0 Å². The van der Waals surface area contributed by atoms with Gasteiger partial charge in [-0.25, -0.2) is 60.7 Å². The van der Waals surface area contributed by atoms with E-state index in [9.17, 15) is 0 Å². The Kier molecular flexibility index (Phi) is 172. The van der Waals surface area contributed by atoms with Gasteiger partial charge in [0, 0.05) is 0 Å². The quantitative estimate of drug-likeness (QED) is 0.115. The first kappa shape index (κ1) is 144. The monoisotopic (exact) mass is 2180 g/mol. The van der Waals surface area contributed by atoms with Crippen LogP contribution in [0.5, 0.6) is 0 Å². The molecule has 9 aromatic rings. The van der Waals surface area contributed by atoms with E-state index >= 15 is 0 Å². The van der Waals surface area contributed by atoms with Gasteiger partial charge in [-0.3, -0.25) is 0 Å². The smallest absolute Gasteiger partial charge is 0.394 e. The summed E-state index contributed by atoms with van der Waals surface area (Å²) in [6.45, 7) is 35.4. The van der Waals surface area contributed by atoms with Gasteiger partial charge in [-0.2, -0.15) is 60.7 Å². The van der Waals surface area contributed by atoms with Gasteiger partial charge in [-0.1, -0.05) is 216 Å². The van der Waals surface area contributed by atoms with Gasteiger partial charge in [0.1, 0.15) is 0 Å². The molecule has 86 heavy (non-hydrogen) atoms. The maximum absolute atomic E-state index is 5.19. The average molecular weight is 2180 g/mol. The fraction of sp³-hybridized carbons (Fsp3) is 0.200. The molecule has 0 amide bonds. The van der Waals surface area contributed by atoms with E-state index in [4.69, 9.17) is 46.1 Å². The number of hydrogen-bond donors (Lipinski definition) is 0. The van der Waals surface area contributed by atoms with Gasteiger partial charge in [-0.15, -0.1) is 30.3 Å². The third-order valence-corrected chi connectivity index (χ3v) is 7.99. The zero-order valence-corrected chi connectivity index (χ0v) is 55.9. The summed E-state index contributed by atoms with van der Waals surface area (Å²) in [6.07, 6.45) is 10.2. The Balaban J connectivity index is -0.0000000287. The van der Waals surface area contributed by atoms with E-state index in [0.29, 0.717) is 0 Å². The third kappa shape index (κ3) is 72.3. The van der Waals surface area contributed by atoms with E-state index in [-0.39, 0.29) is 245 Å². The molecule has 0 aliphatic rings. The average Bonchev–Trinajstić information content (AvgIpc) is 3.41. The Labute approximate surface area is 625 Å². The second kappa shape index (κ2) is 103. The molecule has 0 heterocycles. The summed E-state index contributed by atoms with van der Waals surface area (Å²) in [4.78, 5) is 0. The van der Waals surface area contributed by atoms with E-state index in [1.54, 1.807) is 0 Å². The first-order valence-corrected chi connectivity index (χ1v) is 20.1. The maximum atomic E-state index is 5.19. The molecule has 0 N–H and O–H groups in total. The van der Waals surface area contributed by atoms with E-state index in [0.717, 1.165) is 27.8 Å². The van der Waals surface area contributed by atoms with Crippen molar-refractivity contribution in [2.24, 2.45) is 0 Å². The van der Waals surface area contributed by atoms with Crippen LogP contribution in [0.3, 0.4) is 0 Å². The zero-order valence-electron chi connectivity index (χ0n) is 38.3. The van der Waals surface area contributed by atoms with E-state index < -0.39 is 0 Å². The Morgan fingerprint density at radius 1 is 0.186 bits per heavy atom. The Morgan fingerprint density at radius 3 is 0.372 bits per heavy atom. The molecule has 9 aromatic carbocycles. The molecule has 0 atom stereocenters. The molecule has 0 radical (unpaired) electrons. The van der Waals surface area contributed by atoms with Crippen molar-refractivity contribution in [3.8, 4) is 0 Å². The van der Waals surface area contributed by atoms with Gasteiger partial charge in [0.2, 0.25) is 0 Å². The molecule has 0 spiro atoms. The molecule has 0 saturated heterocycles. The molecule has 0 bridgehead atoms. The van der Waals surface area contributed by atoms with Crippen molar-refractivity contribution in [3.63, 3.8) is 0 Å². The number of benzene rings is 9. The minimum absolute atomic E-state index is 0. The fourth-order valence-electron chi connectivity index (χ4n) is 4.82. The van der Waals surface area contributed by atoms with E-state index in [1.807, 2.05) is 121 Å². The van der Waals surface area contributed by atoms with Crippen molar-refractivity contribution in [1.82, 2.24) is 0 Å². The van der Waals surface area contributed by atoms with Crippen molar-refractivity contribution >= 4 is 51.9 Å². The molecule has 0 saturated carbocycles. The van der Waals surface area contributed by atoms with Crippen molar-refractivity contribution < 1.29 is 126 Å². The summed E-state index contributed by atoms with van der Waals surface area (Å²) >= 11 is 0. The topological polar surface area (TPSA) is 0 Å². The SMILES string of the molecule is C.C.C.C.C.C.C.C.C.C.C.C.C.C.C.C.[CH-]=CC=[CH-].[CH-]=Cc1[c-]cccc1.[CH-]=Cc1[c-]cccc1.[CH-]=Cc1[c-]cccc1.[CH-]=Cc1[c-]cccc1.[CH-]=Cc1[c-]cccc1.[W+2].[W+2].[W+2].[W+2].[W+2].[W+2].c1ccc2ccccc2c1.c1ccc2ccccc2c1. The first-order valence-electron chi connectivity index (χ1n) is 20.1. The Bertz CT molecular complexity index is 2160. The molecular formula is C80H114W6. The Hall–Kier alpha value is -4.19. The van der Waals surface area contributed by atoms with Gasteiger partial charge >= 0.3 is 126 Å². The van der Waals surface area contributed by atoms with Gasteiger partial charge < -0.3 is 116 Å². The summed E-state index contributed by atoms with van der Waals surface area (Å²) in [7, 11) is 0. The summed E-state index contributed by atoms with van der Waals surface area (Å²) in [5.74, 6) is 0. The first-order chi connectivity index (χ1) is 31.5. The second-order valence-electron chi connectivity index (χ2n) is 12.5. The van der Waals surface area contributed by atoms with Crippen LogP contribution in [0.4, 0.5) is 0 Å². The number of allylic oxidation sites excluding steroid dienone is 2. The summed E-state index contributed by atoms with van der Waals surface area (Å²) in [5.41, 5.74) is 4.69. The van der Waals surface area contributed by atoms with Crippen molar-refractivity contribution in [3.05, 3.63) is 335 Å². The van der Waals surface area contributed by atoms with Gasteiger partial charge in [0.25, 0.3) is 0 Å². The molecular weight excluding hydrogens is 2060 g/mol. The molecule has 0 nitrogen and oxygen atoms in total. The predicted octanol–water partition coefficient (Wildman–Crippen LogP) is 26.5. The number of rotatable bonds is 6. The minimum atomic E-state index is 0. The van der Waals surface area contributed by atoms with Crippen molar-refractivity contribution in [2.45, 2.75) is 119 Å². The fourth-order valence-corrected chi connectivity index (χ4v) is 4.82. The molecule has 0 unspecified atom stereocenters. The van der Waals surface area contributed by atoms with Crippen LogP contribution >= 0.6 is 0 Å². The molecule has 0 aromatic heterocycles. The van der Waals surface area contributed by atoms with Crippen LogP contribution in [0.1, 0.15) is 147 Å². The van der Waals surface area contributed by atoms with Crippen LogP contribution in [0, 0.1) is 76.4 Å². The van der Waals surface area contributed by atoms with Crippen LogP contribution in [0.15, 0.2) is 231 Å². The van der Waals surface area contributed by atoms with Gasteiger partial charge in [-0.05, 0) is 21.5 Å². The predicted molar refractivity (Wildman–Crippen MR) is 384 cm³/mol. The normalized spacial score (nSPS) is 6.51. The van der Waals surface area contributed by atoms with E-state index in [1.165, 1.54) is 64.1 Å². The molecule has 470 valence electrons. The summed E-state index contributed by atoms with van der Waals surface area (Å²) in [6, 6.07) is 86.0. The summed E-state index contributed by atoms with van der Waals surface area (Å²) in [5, 5.41) is 5.24. The molecule has 6 heteroatoms. The van der Waals surface area contributed by atoms with Crippen LogP contribution in [0.2, 0.25) is 0 Å². The van der Waals surface area contributed by atoms with Gasteiger partial charge in [0.05, 0.1) is 0 Å². The number of hydrogen-bond acceptors (Lipinski definition) is 0. The standard InChI is InChI=1S/2C10H8.5C8H6.C4H4.16CH4.6W/c2*1-2-6-10-8-4-3-7-9(10)5-1;5*1-2-8-6-4-3-5-7-8;1-3-4-2;;;;;;;;;;;;;;;;;;;;;;/h2*1-8H;5*1-6H;1-4H;16*1H4;;;;;;/q;;6*-2;;;;;;;;;;;;;;;;;6*+2. The summed E-state index contributed by atoms with van der Waals surface area (Å²) < 4.78 is 0. The Morgan fingerprint density at radius 2 is 0.302 bits per heavy atom. The molecule has 0 aliphatic heterocycles. The van der Waals surface area contributed by atoms with Gasteiger partial charge in [0.15, 0.2) is 0 Å². The van der Waals surface area contributed by atoms with Crippen LogP contribution in [0.25, 0.3) is 51.9 Å². The molecule has 0 fully saturated rings. The van der Waals surface area contributed by atoms with Crippen molar-refractivity contribution in [2.75, 3.05) is 0 Å². The molecule has 9 rings (SSSR count). The number of fused-ring (bicyclic) bond motifs is 2. The minimum Gasteiger partial charge on any atom is -0.394 e. The molecule has 0 aliphatic carbocycles. The maximum Gasteiger partial charge on any atom is 2.00 e. The third-order valence-electron chi connectivity index (χ3n) is 7.99. The van der Waals surface area contributed by atoms with E-state index in [2.05, 4.69) is 127 Å². The largest absolute Gasteiger partial charge is 2.00 e. The van der Waals surface area contributed by atoms with Crippen LogP contribution in [-0.4, -0.2) is 0 Å². The van der Waals surface area contributed by atoms with Crippen LogP contribution < -0.4 is 0 Å². The second-order valence-corrected chi connectivity index (χ2v) is 12.5. The van der Waals surface area contributed by atoms with Crippen LogP contribution in [-0.2, 0) is 126 Å².